The molecular weight excluding hydrogens is 352 g/mol. The van der Waals surface area contributed by atoms with Crippen molar-refractivity contribution in [3.8, 4) is 5.75 Å². The van der Waals surface area contributed by atoms with Crippen LogP contribution in [0.25, 0.3) is 0 Å². The van der Waals surface area contributed by atoms with Gasteiger partial charge in [-0.1, -0.05) is 45.7 Å². The van der Waals surface area contributed by atoms with Crippen molar-refractivity contribution in [2.45, 2.75) is 25.4 Å². The second-order valence-electron chi connectivity index (χ2n) is 5.58. The zero-order valence-corrected chi connectivity index (χ0v) is 14.0. The molecule has 1 aliphatic rings. The van der Waals surface area contributed by atoms with Crippen LogP contribution in [0.15, 0.2) is 40.9 Å². The lowest BCUT2D eigenvalue weighted by Crippen LogP contribution is -2.25. The molecule has 4 heteroatoms. The van der Waals surface area contributed by atoms with E-state index in [1.165, 1.54) is 0 Å². The third-order valence-corrected chi connectivity index (χ3v) is 4.72. The molecule has 0 aromatic heterocycles. The summed E-state index contributed by atoms with van der Waals surface area (Å²) in [5.41, 5.74) is 1.94. The molecule has 1 atom stereocenters. The maximum absolute atomic E-state index is 10.9. The lowest BCUT2D eigenvalue weighted by atomic mass is 9.88. The van der Waals surface area contributed by atoms with Crippen molar-refractivity contribution in [3.05, 3.63) is 62.6 Å². The first-order valence-corrected chi connectivity index (χ1v) is 8.06. The largest absolute Gasteiger partial charge is 0.493 e. The van der Waals surface area contributed by atoms with Crippen LogP contribution in [0.1, 0.15) is 23.6 Å². The minimum absolute atomic E-state index is 0.457. The molecule has 2 aromatic rings. The molecular formula is C17H16BrClO2. The summed E-state index contributed by atoms with van der Waals surface area (Å²) in [4.78, 5) is 0. The molecule has 0 saturated carbocycles. The molecule has 2 nitrogen and oxygen atoms in total. The molecule has 1 unspecified atom stereocenters. The van der Waals surface area contributed by atoms with E-state index < -0.39 is 5.60 Å². The fourth-order valence-corrected chi connectivity index (χ4v) is 3.82. The first-order valence-electron chi connectivity index (χ1n) is 6.89. The van der Waals surface area contributed by atoms with Gasteiger partial charge in [0, 0.05) is 22.3 Å². The van der Waals surface area contributed by atoms with Gasteiger partial charge in [0.15, 0.2) is 0 Å². The molecule has 0 amide bonds. The van der Waals surface area contributed by atoms with Crippen molar-refractivity contribution >= 4 is 27.5 Å². The minimum Gasteiger partial charge on any atom is -0.493 e. The van der Waals surface area contributed by atoms with Gasteiger partial charge >= 0.3 is 0 Å². The summed E-state index contributed by atoms with van der Waals surface area (Å²) in [7, 11) is 0. The Labute approximate surface area is 137 Å². The monoisotopic (exact) mass is 366 g/mol. The fraction of sp³-hybridized carbons (Fsp3) is 0.294. The van der Waals surface area contributed by atoms with E-state index in [0.29, 0.717) is 18.1 Å². The average molecular weight is 368 g/mol. The quantitative estimate of drug-likeness (QED) is 0.866. The molecule has 0 radical (unpaired) electrons. The third kappa shape index (κ3) is 2.96. The van der Waals surface area contributed by atoms with Gasteiger partial charge in [-0.3, -0.25) is 0 Å². The number of benzene rings is 2. The Balaban J connectivity index is 1.99. The highest BCUT2D eigenvalue weighted by Gasteiger charge is 2.29. The number of fused-ring (bicyclic) bond motifs is 1. The van der Waals surface area contributed by atoms with E-state index in [9.17, 15) is 5.11 Å². The summed E-state index contributed by atoms with van der Waals surface area (Å²) in [6, 6.07) is 11.5. The minimum atomic E-state index is -0.996. The van der Waals surface area contributed by atoms with Crippen molar-refractivity contribution in [2.24, 2.45) is 0 Å². The third-order valence-electron chi connectivity index (χ3n) is 3.81. The van der Waals surface area contributed by atoms with Crippen LogP contribution in [-0.4, -0.2) is 11.7 Å². The molecule has 0 aliphatic carbocycles. The van der Waals surface area contributed by atoms with Crippen molar-refractivity contribution in [3.63, 3.8) is 0 Å². The molecule has 21 heavy (non-hydrogen) atoms. The number of aliphatic hydroxyl groups is 1. The number of hydrogen-bond acceptors (Lipinski definition) is 2. The normalized spacial score (nSPS) is 16.2. The molecule has 1 heterocycles. The van der Waals surface area contributed by atoms with Crippen LogP contribution < -0.4 is 4.74 Å². The Hall–Kier alpha value is -1.03. The summed E-state index contributed by atoms with van der Waals surface area (Å²) in [5.74, 6) is 0.881. The van der Waals surface area contributed by atoms with Gasteiger partial charge in [-0.25, -0.2) is 0 Å². The van der Waals surface area contributed by atoms with Crippen LogP contribution in [0.2, 0.25) is 5.02 Å². The highest BCUT2D eigenvalue weighted by molar-refractivity contribution is 9.10. The number of rotatable bonds is 3. The van der Waals surface area contributed by atoms with Gasteiger partial charge in [0.2, 0.25) is 0 Å². The Morgan fingerprint density at radius 3 is 2.86 bits per heavy atom. The Morgan fingerprint density at radius 1 is 1.33 bits per heavy atom. The SMILES string of the molecule is CC(O)(Cc1cc(Cl)cc2c1OCC2)c1ccccc1Br. The Morgan fingerprint density at radius 2 is 2.10 bits per heavy atom. The summed E-state index contributed by atoms with van der Waals surface area (Å²) in [6.07, 6.45) is 1.33. The summed E-state index contributed by atoms with van der Waals surface area (Å²) in [6.45, 7) is 2.50. The first kappa shape index (κ1) is 14.9. The van der Waals surface area contributed by atoms with Crippen LogP contribution in [0.5, 0.6) is 5.75 Å². The van der Waals surface area contributed by atoms with Gasteiger partial charge in [0.25, 0.3) is 0 Å². The van der Waals surface area contributed by atoms with Crippen LogP contribution in [0.4, 0.5) is 0 Å². The maximum Gasteiger partial charge on any atom is 0.126 e. The Bertz CT molecular complexity index is 682. The molecule has 2 aromatic carbocycles. The zero-order valence-electron chi connectivity index (χ0n) is 11.7. The summed E-state index contributed by atoms with van der Waals surface area (Å²) >= 11 is 9.69. The van der Waals surface area contributed by atoms with E-state index >= 15 is 0 Å². The van der Waals surface area contributed by atoms with E-state index in [-0.39, 0.29) is 0 Å². The smallest absolute Gasteiger partial charge is 0.126 e. The van der Waals surface area contributed by atoms with Crippen LogP contribution in [-0.2, 0) is 18.4 Å². The number of halogens is 2. The fourth-order valence-electron chi connectivity index (χ4n) is 2.84. The van der Waals surface area contributed by atoms with Gasteiger partial charge < -0.3 is 9.84 Å². The second kappa shape index (κ2) is 5.64. The van der Waals surface area contributed by atoms with E-state index in [0.717, 1.165) is 33.3 Å². The van der Waals surface area contributed by atoms with Crippen molar-refractivity contribution in [1.82, 2.24) is 0 Å². The maximum atomic E-state index is 10.9. The molecule has 1 N–H and O–H groups in total. The molecule has 3 rings (SSSR count). The summed E-state index contributed by atoms with van der Waals surface area (Å²) in [5, 5.41) is 11.6. The number of ether oxygens (including phenoxy) is 1. The lowest BCUT2D eigenvalue weighted by Gasteiger charge is -2.26. The predicted octanol–water partition coefficient (Wildman–Crippen LogP) is 4.49. The van der Waals surface area contributed by atoms with Crippen LogP contribution >= 0.6 is 27.5 Å². The molecule has 0 fully saturated rings. The lowest BCUT2D eigenvalue weighted by molar-refractivity contribution is 0.0562. The van der Waals surface area contributed by atoms with Crippen molar-refractivity contribution < 1.29 is 9.84 Å². The molecule has 0 bridgehead atoms. The topological polar surface area (TPSA) is 29.5 Å². The van der Waals surface area contributed by atoms with Crippen LogP contribution in [0.3, 0.4) is 0 Å². The summed E-state index contributed by atoms with van der Waals surface area (Å²) < 4.78 is 6.61. The van der Waals surface area contributed by atoms with Gasteiger partial charge in [0.1, 0.15) is 5.75 Å². The van der Waals surface area contributed by atoms with Crippen LogP contribution in [0, 0.1) is 0 Å². The highest BCUT2D eigenvalue weighted by Crippen LogP contribution is 2.38. The first-order chi connectivity index (χ1) is 9.97. The highest BCUT2D eigenvalue weighted by atomic mass is 79.9. The van der Waals surface area contributed by atoms with Gasteiger partial charge in [-0.05, 0) is 41.8 Å². The standard InChI is InChI=1S/C17H16BrClO2/c1-17(20,14-4-2-3-5-15(14)18)10-12-9-13(19)8-11-6-7-21-16(11)12/h2-5,8-9,20H,6-7,10H2,1H3. The van der Waals surface area contributed by atoms with Crippen molar-refractivity contribution in [1.29, 1.82) is 0 Å². The molecule has 110 valence electrons. The van der Waals surface area contributed by atoms with E-state index in [1.54, 1.807) is 0 Å². The van der Waals surface area contributed by atoms with E-state index in [1.807, 2.05) is 43.3 Å². The zero-order chi connectivity index (χ0) is 15.0. The average Bonchev–Trinajstić information content (AvgIpc) is 2.86. The number of hydrogen-bond donors (Lipinski definition) is 1. The Kier molecular flexibility index (Phi) is 4.00. The van der Waals surface area contributed by atoms with E-state index in [2.05, 4.69) is 15.9 Å². The van der Waals surface area contributed by atoms with Gasteiger partial charge in [0.05, 0.1) is 12.2 Å². The van der Waals surface area contributed by atoms with Gasteiger partial charge in [-0.15, -0.1) is 0 Å². The van der Waals surface area contributed by atoms with Gasteiger partial charge in [-0.2, -0.15) is 0 Å². The molecule has 1 aliphatic heterocycles. The second-order valence-corrected chi connectivity index (χ2v) is 6.87. The van der Waals surface area contributed by atoms with Crippen molar-refractivity contribution in [2.75, 3.05) is 6.61 Å². The van der Waals surface area contributed by atoms with E-state index in [4.69, 9.17) is 16.3 Å². The molecule has 0 spiro atoms. The predicted molar refractivity (Wildman–Crippen MR) is 88.1 cm³/mol. The molecule has 0 saturated heterocycles.